The molecule has 19 heavy (non-hydrogen) atoms. The molecule has 1 fully saturated rings. The Morgan fingerprint density at radius 2 is 1.37 bits per heavy atom. The van der Waals surface area contributed by atoms with E-state index in [1.54, 1.807) is 0 Å². The molecule has 2 aromatic carbocycles. The monoisotopic (exact) mass is 314 g/mol. The standard InChI is InChI=1S/C17H15BrO/c18-15-11-12-17(16(15)19,13-7-3-1-4-8-13)14-9-5-2-6-10-14/h1-10,15H,11-12H2/t15-/m1/s1. The van der Waals surface area contributed by atoms with Crippen LogP contribution in [0, 0.1) is 0 Å². The first-order chi connectivity index (χ1) is 9.25. The molecule has 0 aromatic heterocycles. The summed E-state index contributed by atoms with van der Waals surface area (Å²) in [5.74, 6) is 0.282. The number of Topliss-reactive ketones (excluding diaryl/α,β-unsaturated/α-hetero) is 1. The van der Waals surface area contributed by atoms with Crippen molar-refractivity contribution < 1.29 is 4.79 Å². The van der Waals surface area contributed by atoms with Gasteiger partial charge in [-0.15, -0.1) is 0 Å². The topological polar surface area (TPSA) is 17.1 Å². The third-order valence-corrected chi connectivity index (χ3v) is 4.88. The fraction of sp³-hybridized carbons (Fsp3) is 0.235. The molecule has 3 rings (SSSR count). The van der Waals surface area contributed by atoms with Gasteiger partial charge in [-0.2, -0.15) is 0 Å². The molecule has 0 radical (unpaired) electrons. The van der Waals surface area contributed by atoms with Crippen molar-refractivity contribution in [3.05, 3.63) is 71.8 Å². The average Bonchev–Trinajstić information content (AvgIpc) is 2.78. The number of halogens is 1. The van der Waals surface area contributed by atoms with E-state index in [1.807, 2.05) is 36.4 Å². The van der Waals surface area contributed by atoms with E-state index in [9.17, 15) is 4.79 Å². The van der Waals surface area contributed by atoms with Crippen LogP contribution in [0.15, 0.2) is 60.7 Å². The molecule has 0 aliphatic heterocycles. The van der Waals surface area contributed by atoms with E-state index in [0.717, 1.165) is 24.0 Å². The third-order valence-electron chi connectivity index (χ3n) is 4.01. The minimum Gasteiger partial charge on any atom is -0.297 e. The van der Waals surface area contributed by atoms with Crippen molar-refractivity contribution in [3.63, 3.8) is 0 Å². The Morgan fingerprint density at radius 1 is 0.895 bits per heavy atom. The largest absolute Gasteiger partial charge is 0.297 e. The molecule has 1 saturated carbocycles. The number of carbonyl (C=O) groups is 1. The van der Waals surface area contributed by atoms with Gasteiger partial charge in [-0.3, -0.25) is 4.79 Å². The molecule has 0 saturated heterocycles. The minimum atomic E-state index is -0.476. The molecule has 1 aliphatic carbocycles. The van der Waals surface area contributed by atoms with Gasteiger partial charge in [-0.1, -0.05) is 76.6 Å². The lowest BCUT2D eigenvalue weighted by Gasteiger charge is -2.29. The first-order valence-electron chi connectivity index (χ1n) is 6.54. The van der Waals surface area contributed by atoms with Gasteiger partial charge in [0.1, 0.15) is 0 Å². The van der Waals surface area contributed by atoms with E-state index in [2.05, 4.69) is 40.2 Å². The molecule has 1 nitrogen and oxygen atoms in total. The summed E-state index contributed by atoms with van der Waals surface area (Å²) in [7, 11) is 0. The highest BCUT2D eigenvalue weighted by Crippen LogP contribution is 2.45. The number of ketones is 1. The predicted octanol–water partition coefficient (Wildman–Crippen LogP) is 4.10. The van der Waals surface area contributed by atoms with Crippen LogP contribution in [0.1, 0.15) is 24.0 Å². The Morgan fingerprint density at radius 3 is 1.74 bits per heavy atom. The van der Waals surface area contributed by atoms with Crippen LogP contribution in [0.5, 0.6) is 0 Å². The molecular formula is C17H15BrO. The van der Waals surface area contributed by atoms with Gasteiger partial charge in [-0.05, 0) is 24.0 Å². The maximum absolute atomic E-state index is 12.8. The van der Waals surface area contributed by atoms with Gasteiger partial charge in [0.25, 0.3) is 0 Å². The average molecular weight is 315 g/mol. The molecule has 0 unspecified atom stereocenters. The van der Waals surface area contributed by atoms with Crippen LogP contribution in [0.2, 0.25) is 0 Å². The Kier molecular flexibility index (Phi) is 3.28. The van der Waals surface area contributed by atoms with Gasteiger partial charge in [0.2, 0.25) is 0 Å². The van der Waals surface area contributed by atoms with Crippen LogP contribution in [-0.2, 0) is 10.2 Å². The molecule has 2 heteroatoms. The molecule has 0 spiro atoms. The van der Waals surface area contributed by atoms with E-state index in [4.69, 9.17) is 0 Å². The molecule has 1 aliphatic rings. The fourth-order valence-corrected chi connectivity index (χ4v) is 3.67. The molecule has 0 bridgehead atoms. The van der Waals surface area contributed by atoms with Crippen molar-refractivity contribution in [2.75, 3.05) is 0 Å². The Labute approximate surface area is 121 Å². The minimum absolute atomic E-state index is 0.0343. The Bertz CT molecular complexity index is 537. The molecule has 0 amide bonds. The summed E-state index contributed by atoms with van der Waals surface area (Å²) < 4.78 is 0. The first-order valence-corrected chi connectivity index (χ1v) is 7.46. The van der Waals surface area contributed by atoms with Gasteiger partial charge >= 0.3 is 0 Å². The fourth-order valence-electron chi connectivity index (χ4n) is 3.05. The quantitative estimate of drug-likeness (QED) is 0.763. The van der Waals surface area contributed by atoms with Crippen molar-refractivity contribution in [1.82, 2.24) is 0 Å². The van der Waals surface area contributed by atoms with Crippen molar-refractivity contribution in [2.24, 2.45) is 0 Å². The van der Waals surface area contributed by atoms with E-state index in [1.165, 1.54) is 0 Å². The highest BCUT2D eigenvalue weighted by Gasteiger charge is 2.48. The lowest BCUT2D eigenvalue weighted by Crippen LogP contribution is -2.34. The van der Waals surface area contributed by atoms with E-state index >= 15 is 0 Å². The Hall–Kier alpha value is -1.41. The maximum atomic E-state index is 12.8. The van der Waals surface area contributed by atoms with Crippen molar-refractivity contribution >= 4 is 21.7 Å². The van der Waals surface area contributed by atoms with Crippen LogP contribution >= 0.6 is 15.9 Å². The molecule has 1 atom stereocenters. The van der Waals surface area contributed by atoms with E-state index < -0.39 is 5.41 Å². The van der Waals surface area contributed by atoms with Crippen molar-refractivity contribution in [1.29, 1.82) is 0 Å². The first kappa shape index (κ1) is 12.6. The zero-order valence-corrected chi connectivity index (χ0v) is 12.1. The van der Waals surface area contributed by atoms with E-state index in [-0.39, 0.29) is 10.6 Å². The van der Waals surface area contributed by atoms with Gasteiger partial charge in [0, 0.05) is 0 Å². The second-order valence-corrected chi connectivity index (χ2v) is 6.11. The normalized spacial score (nSPS) is 21.5. The predicted molar refractivity (Wildman–Crippen MR) is 80.6 cm³/mol. The van der Waals surface area contributed by atoms with Crippen LogP contribution in [0.4, 0.5) is 0 Å². The molecule has 2 aromatic rings. The Balaban J connectivity index is 2.21. The third kappa shape index (κ3) is 1.95. The van der Waals surface area contributed by atoms with Gasteiger partial charge in [0.05, 0.1) is 10.2 Å². The van der Waals surface area contributed by atoms with Gasteiger partial charge in [0.15, 0.2) is 5.78 Å². The summed E-state index contributed by atoms with van der Waals surface area (Å²) >= 11 is 3.52. The van der Waals surface area contributed by atoms with Crippen LogP contribution in [-0.4, -0.2) is 10.6 Å². The van der Waals surface area contributed by atoms with Crippen molar-refractivity contribution in [2.45, 2.75) is 23.1 Å². The molecule has 0 heterocycles. The zero-order valence-electron chi connectivity index (χ0n) is 10.6. The van der Waals surface area contributed by atoms with Gasteiger partial charge in [-0.25, -0.2) is 0 Å². The number of benzene rings is 2. The maximum Gasteiger partial charge on any atom is 0.161 e. The van der Waals surface area contributed by atoms with Gasteiger partial charge < -0.3 is 0 Å². The number of rotatable bonds is 2. The van der Waals surface area contributed by atoms with Crippen LogP contribution in [0.3, 0.4) is 0 Å². The number of carbonyl (C=O) groups excluding carboxylic acids is 1. The summed E-state index contributed by atoms with van der Waals surface area (Å²) in [4.78, 5) is 12.7. The number of hydrogen-bond acceptors (Lipinski definition) is 1. The highest BCUT2D eigenvalue weighted by molar-refractivity contribution is 9.10. The SMILES string of the molecule is O=C1[C@H](Br)CCC1(c1ccccc1)c1ccccc1. The van der Waals surface area contributed by atoms with Crippen LogP contribution < -0.4 is 0 Å². The second-order valence-electron chi connectivity index (χ2n) is 5.01. The van der Waals surface area contributed by atoms with Crippen LogP contribution in [0.25, 0.3) is 0 Å². The summed E-state index contributed by atoms with van der Waals surface area (Å²) in [5, 5.41) is 0. The number of alkyl halides is 1. The molecular weight excluding hydrogens is 300 g/mol. The smallest absolute Gasteiger partial charge is 0.161 e. The highest BCUT2D eigenvalue weighted by atomic mass is 79.9. The molecule has 0 N–H and O–H groups in total. The van der Waals surface area contributed by atoms with Crippen molar-refractivity contribution in [3.8, 4) is 0 Å². The number of hydrogen-bond donors (Lipinski definition) is 0. The summed E-state index contributed by atoms with van der Waals surface area (Å²) in [6, 6.07) is 20.3. The van der Waals surface area contributed by atoms with E-state index in [0.29, 0.717) is 0 Å². The lowest BCUT2D eigenvalue weighted by molar-refractivity contribution is -0.120. The summed E-state index contributed by atoms with van der Waals surface area (Å²) in [6.07, 6.45) is 1.76. The second kappa shape index (κ2) is 4.93. The molecule has 96 valence electrons. The summed E-state index contributed by atoms with van der Waals surface area (Å²) in [5.41, 5.74) is 1.73. The zero-order chi connectivity index (χ0) is 13.3. The lowest BCUT2D eigenvalue weighted by atomic mass is 9.72. The summed E-state index contributed by atoms with van der Waals surface area (Å²) in [6.45, 7) is 0.